The lowest BCUT2D eigenvalue weighted by molar-refractivity contribution is 0.0338. The first-order valence-electron chi connectivity index (χ1n) is 18.0. The number of aromatic nitrogens is 1. The summed E-state index contributed by atoms with van der Waals surface area (Å²) in [5.41, 5.74) is 5.29. The van der Waals surface area contributed by atoms with Gasteiger partial charge in [-0.3, -0.25) is 24.3 Å². The van der Waals surface area contributed by atoms with Crippen molar-refractivity contribution < 1.29 is 23.5 Å². The van der Waals surface area contributed by atoms with Crippen LogP contribution in [0.1, 0.15) is 68.4 Å². The highest BCUT2D eigenvalue weighted by atomic mass is 19.1. The molecule has 0 spiro atoms. The molecule has 0 unspecified atom stereocenters. The summed E-state index contributed by atoms with van der Waals surface area (Å²) in [6, 6.07) is 23.4. The summed E-state index contributed by atoms with van der Waals surface area (Å²) in [5, 5.41) is 5.99. The molecule has 4 aromatic rings. The highest BCUT2D eigenvalue weighted by Crippen LogP contribution is 2.34. The third kappa shape index (κ3) is 9.20. The van der Waals surface area contributed by atoms with Gasteiger partial charge in [0, 0.05) is 86.5 Å². The molecule has 1 atom stereocenters. The number of anilines is 2. The van der Waals surface area contributed by atoms with Gasteiger partial charge in [-0.15, -0.1) is 0 Å². The number of nitrogens with zero attached hydrogens (tertiary/aromatic N) is 4. The summed E-state index contributed by atoms with van der Waals surface area (Å²) in [5.74, 6) is -0.814. The lowest BCUT2D eigenvalue weighted by atomic mass is 10.00. The van der Waals surface area contributed by atoms with Gasteiger partial charge in [0.1, 0.15) is 6.67 Å². The molecule has 0 bridgehead atoms. The Balaban J connectivity index is 1.22. The molecule has 11 heteroatoms. The normalized spacial score (nSPS) is 16.3. The first-order valence-corrected chi connectivity index (χ1v) is 18.0. The maximum absolute atomic E-state index is 13.8. The number of halogens is 1. The lowest BCUT2D eigenvalue weighted by Crippen LogP contribution is -2.41. The summed E-state index contributed by atoms with van der Waals surface area (Å²) >= 11 is 0. The molecule has 2 aliphatic heterocycles. The van der Waals surface area contributed by atoms with Gasteiger partial charge in [-0.1, -0.05) is 30.3 Å². The van der Waals surface area contributed by atoms with Crippen molar-refractivity contribution in [2.45, 2.75) is 45.4 Å². The molecule has 10 nitrogen and oxygen atoms in total. The Morgan fingerprint density at radius 3 is 2.46 bits per heavy atom. The molecule has 2 fully saturated rings. The van der Waals surface area contributed by atoms with E-state index in [2.05, 4.69) is 32.3 Å². The SMILES string of the molecule is C[C@H]1CCCCN1c1ccc(NC(=O)c2cccc(C(=O)N(C)CCN3CCOCC3)c2)c(-c2cc(C(=O)NCc3cccc(CF)c3)ccn2)c1. The van der Waals surface area contributed by atoms with Crippen LogP contribution in [0.3, 0.4) is 0 Å². The third-order valence-electron chi connectivity index (χ3n) is 9.86. The molecule has 6 rings (SSSR count). The Kier molecular flexibility index (Phi) is 12.3. The summed E-state index contributed by atoms with van der Waals surface area (Å²) in [4.78, 5) is 51.4. The molecule has 0 aliphatic carbocycles. The predicted octanol–water partition coefficient (Wildman–Crippen LogP) is 6.18. The highest BCUT2D eigenvalue weighted by molar-refractivity contribution is 6.08. The van der Waals surface area contributed by atoms with Crippen molar-refractivity contribution in [3.8, 4) is 11.3 Å². The Morgan fingerprint density at radius 1 is 0.885 bits per heavy atom. The minimum Gasteiger partial charge on any atom is -0.379 e. The Hall–Kier alpha value is -5.13. The van der Waals surface area contributed by atoms with E-state index < -0.39 is 6.67 Å². The van der Waals surface area contributed by atoms with Gasteiger partial charge in [-0.2, -0.15) is 0 Å². The molecular weight excluding hydrogens is 659 g/mol. The fourth-order valence-electron chi connectivity index (χ4n) is 6.77. The zero-order chi connectivity index (χ0) is 36.5. The van der Waals surface area contributed by atoms with Crippen LogP contribution >= 0.6 is 0 Å². The number of alkyl halides is 1. The average Bonchev–Trinajstić information content (AvgIpc) is 3.19. The summed E-state index contributed by atoms with van der Waals surface area (Å²) < 4.78 is 18.6. The molecule has 52 heavy (non-hydrogen) atoms. The van der Waals surface area contributed by atoms with E-state index in [1.165, 1.54) is 6.42 Å². The smallest absolute Gasteiger partial charge is 0.255 e. The number of ether oxygens (including phenoxy) is 1. The number of carbonyl (C=O) groups excluding carboxylic acids is 3. The second-order valence-electron chi connectivity index (χ2n) is 13.5. The standard InChI is InChI=1S/C41H47FN6O4/c1-29-7-3-4-16-48(29)35-12-13-37(36(26-35)38-25-33(14-15-43-38)39(49)44-28-31-9-5-8-30(23-31)27-42)45-40(50)32-10-6-11-34(24-32)41(51)46(2)17-18-47-19-21-52-22-20-47/h5-6,8-15,23-26,29H,3-4,7,16-22,27-28H2,1-2H3,(H,44,49)(H,45,50)/t29-/m0/s1. The Bertz CT molecular complexity index is 1880. The van der Waals surface area contributed by atoms with Gasteiger partial charge in [0.25, 0.3) is 17.7 Å². The molecule has 0 saturated carbocycles. The van der Waals surface area contributed by atoms with E-state index in [-0.39, 0.29) is 24.3 Å². The van der Waals surface area contributed by atoms with Crippen LogP contribution in [0.15, 0.2) is 85.1 Å². The first kappa shape index (κ1) is 36.7. The number of benzene rings is 3. The van der Waals surface area contributed by atoms with Crippen LogP contribution in [0.2, 0.25) is 0 Å². The fourth-order valence-corrected chi connectivity index (χ4v) is 6.77. The highest BCUT2D eigenvalue weighted by Gasteiger charge is 2.22. The van der Waals surface area contributed by atoms with Crippen molar-refractivity contribution >= 4 is 29.1 Å². The van der Waals surface area contributed by atoms with Gasteiger partial charge in [0.2, 0.25) is 0 Å². The maximum Gasteiger partial charge on any atom is 0.255 e. The number of hydrogen-bond donors (Lipinski definition) is 2. The second-order valence-corrected chi connectivity index (χ2v) is 13.5. The van der Waals surface area contributed by atoms with Crippen molar-refractivity contribution in [1.29, 1.82) is 0 Å². The maximum atomic E-state index is 13.8. The molecular formula is C41H47FN6O4. The largest absolute Gasteiger partial charge is 0.379 e. The number of nitrogens with one attached hydrogen (secondary N) is 2. The van der Waals surface area contributed by atoms with Gasteiger partial charge in [-0.05, 0) is 85.8 Å². The number of rotatable bonds is 12. The Morgan fingerprint density at radius 2 is 1.65 bits per heavy atom. The van der Waals surface area contributed by atoms with E-state index in [4.69, 9.17) is 4.74 Å². The van der Waals surface area contributed by atoms with Gasteiger partial charge >= 0.3 is 0 Å². The number of hydrogen-bond acceptors (Lipinski definition) is 7. The molecule has 2 N–H and O–H groups in total. The van der Waals surface area contributed by atoms with Gasteiger partial charge in [0.05, 0.1) is 24.6 Å². The summed E-state index contributed by atoms with van der Waals surface area (Å²) in [7, 11) is 1.78. The zero-order valence-corrected chi connectivity index (χ0v) is 29.9. The van der Waals surface area contributed by atoms with Crippen molar-refractivity contribution in [1.82, 2.24) is 20.1 Å². The van der Waals surface area contributed by atoms with Crippen LogP contribution in [0.25, 0.3) is 11.3 Å². The van der Waals surface area contributed by atoms with E-state index in [1.807, 2.05) is 24.3 Å². The van der Waals surface area contributed by atoms with Gasteiger partial charge in [0.15, 0.2) is 0 Å². The Labute approximate surface area is 305 Å². The van der Waals surface area contributed by atoms with Crippen molar-refractivity contribution in [3.63, 3.8) is 0 Å². The molecule has 3 heterocycles. The van der Waals surface area contributed by atoms with E-state index in [1.54, 1.807) is 72.7 Å². The number of likely N-dealkylation sites (N-methyl/N-ethyl adjacent to an activating group) is 1. The van der Waals surface area contributed by atoms with Gasteiger partial charge < -0.3 is 25.2 Å². The van der Waals surface area contributed by atoms with Crippen LogP contribution in [0.5, 0.6) is 0 Å². The molecule has 2 aliphatic rings. The van der Waals surface area contributed by atoms with E-state index in [0.717, 1.165) is 50.3 Å². The molecule has 0 radical (unpaired) electrons. The van der Waals surface area contributed by atoms with E-state index in [9.17, 15) is 18.8 Å². The quantitative estimate of drug-likeness (QED) is 0.181. The number of amides is 3. The summed E-state index contributed by atoms with van der Waals surface area (Å²) in [6.07, 6.45) is 4.95. The van der Waals surface area contributed by atoms with E-state index in [0.29, 0.717) is 65.0 Å². The van der Waals surface area contributed by atoms with Crippen molar-refractivity contribution in [3.05, 3.63) is 113 Å². The number of carbonyl (C=O) groups is 3. The van der Waals surface area contributed by atoms with Gasteiger partial charge in [-0.25, -0.2) is 4.39 Å². The van der Waals surface area contributed by atoms with Crippen LogP contribution in [0.4, 0.5) is 15.8 Å². The van der Waals surface area contributed by atoms with Crippen LogP contribution < -0.4 is 15.5 Å². The number of pyridine rings is 1. The summed E-state index contributed by atoms with van der Waals surface area (Å²) in [6.45, 7) is 7.24. The van der Waals surface area contributed by atoms with Crippen molar-refractivity contribution in [2.75, 3.05) is 63.2 Å². The molecule has 272 valence electrons. The number of piperidine rings is 1. The third-order valence-corrected chi connectivity index (χ3v) is 9.86. The topological polar surface area (TPSA) is 107 Å². The van der Waals surface area contributed by atoms with Crippen LogP contribution in [-0.4, -0.2) is 91.5 Å². The minimum absolute atomic E-state index is 0.155. The monoisotopic (exact) mass is 706 g/mol. The number of morpholine rings is 1. The van der Waals surface area contributed by atoms with Crippen LogP contribution in [-0.2, 0) is 18.0 Å². The van der Waals surface area contributed by atoms with Crippen LogP contribution in [0, 0.1) is 0 Å². The molecule has 2 saturated heterocycles. The zero-order valence-electron chi connectivity index (χ0n) is 29.9. The lowest BCUT2D eigenvalue weighted by Gasteiger charge is -2.35. The average molecular weight is 707 g/mol. The van der Waals surface area contributed by atoms with Crippen molar-refractivity contribution in [2.24, 2.45) is 0 Å². The fraction of sp³-hybridized carbons (Fsp3) is 0.366. The predicted molar refractivity (Wildman–Crippen MR) is 201 cm³/mol. The molecule has 1 aromatic heterocycles. The molecule has 3 aromatic carbocycles. The van der Waals surface area contributed by atoms with E-state index >= 15 is 0 Å². The minimum atomic E-state index is -0.569. The second kappa shape index (κ2) is 17.4. The first-order chi connectivity index (χ1) is 25.3. The molecule has 3 amide bonds.